The lowest BCUT2D eigenvalue weighted by Crippen LogP contribution is -2.39. The highest BCUT2D eigenvalue weighted by atomic mass is 19.1. The van der Waals surface area contributed by atoms with Crippen molar-refractivity contribution in [1.29, 1.82) is 0 Å². The number of hydrogen-bond acceptors (Lipinski definition) is 6. The van der Waals surface area contributed by atoms with Gasteiger partial charge in [0.15, 0.2) is 5.82 Å². The molecule has 2 aromatic carbocycles. The van der Waals surface area contributed by atoms with Crippen molar-refractivity contribution in [3.63, 3.8) is 0 Å². The Morgan fingerprint density at radius 2 is 1.77 bits per heavy atom. The number of aromatic nitrogens is 2. The molecule has 0 bridgehead atoms. The maximum atomic E-state index is 15.0. The third-order valence-electron chi connectivity index (χ3n) is 8.01. The highest BCUT2D eigenvalue weighted by Gasteiger charge is 2.42. The van der Waals surface area contributed by atoms with Gasteiger partial charge in [-0.3, -0.25) is 4.79 Å². The number of amides is 2. The van der Waals surface area contributed by atoms with Crippen molar-refractivity contribution < 1.29 is 18.7 Å². The van der Waals surface area contributed by atoms with Gasteiger partial charge >= 0.3 is 6.09 Å². The number of anilines is 1. The van der Waals surface area contributed by atoms with Crippen molar-refractivity contribution in [2.24, 2.45) is 11.7 Å². The number of benzene rings is 2. The lowest BCUT2D eigenvalue weighted by Gasteiger charge is -2.33. The van der Waals surface area contributed by atoms with E-state index in [1.54, 1.807) is 24.1 Å². The number of methoxy groups -OCH3 is 1. The fourth-order valence-electron chi connectivity index (χ4n) is 5.46. The van der Waals surface area contributed by atoms with E-state index in [4.69, 9.17) is 10.5 Å². The van der Waals surface area contributed by atoms with E-state index in [-0.39, 0.29) is 29.8 Å². The summed E-state index contributed by atoms with van der Waals surface area (Å²) in [4.78, 5) is 26.3. The Balaban J connectivity index is 1.30. The summed E-state index contributed by atoms with van der Waals surface area (Å²) in [7, 11) is 3.13. The molecule has 0 atom stereocenters. The van der Waals surface area contributed by atoms with Crippen LogP contribution in [0.15, 0.2) is 54.6 Å². The zero-order chi connectivity index (χ0) is 27.6. The molecule has 5 rings (SSSR count). The first-order valence-electron chi connectivity index (χ1n) is 13.4. The van der Waals surface area contributed by atoms with Gasteiger partial charge in [0.2, 0.25) is 5.91 Å². The average molecular weight is 532 g/mol. The van der Waals surface area contributed by atoms with Crippen LogP contribution < -0.4 is 11.1 Å². The van der Waals surface area contributed by atoms with Crippen LogP contribution in [0.3, 0.4) is 0 Å². The molecule has 204 valence electrons. The Morgan fingerprint density at radius 3 is 2.41 bits per heavy atom. The van der Waals surface area contributed by atoms with Crippen LogP contribution in [-0.4, -0.2) is 47.3 Å². The number of nitrogens with two attached hydrogens (primary N) is 1. The van der Waals surface area contributed by atoms with E-state index in [0.717, 1.165) is 49.7 Å². The first-order chi connectivity index (χ1) is 18.8. The summed E-state index contributed by atoms with van der Waals surface area (Å²) in [6.07, 6.45) is 4.95. The zero-order valence-electron chi connectivity index (χ0n) is 22.3. The van der Waals surface area contributed by atoms with Crippen molar-refractivity contribution in [2.45, 2.75) is 56.5 Å². The number of carbonyl (C=O) groups is 2. The standard InChI is InChI=1S/C30H34FN5O3/c1-36(29(38)39-2)22-11-8-19(9-12-22)16-27(37)33-26-18-23(20-6-4-3-5-7-20)28(35-34-26)21-10-13-24(25(31)17-21)30(32)14-15-30/h3-7,10,13,17-19,22H,8-9,11-12,14-16,32H2,1-2H3,(H,33,34,37). The molecule has 39 heavy (non-hydrogen) atoms. The molecule has 2 fully saturated rings. The highest BCUT2D eigenvalue weighted by molar-refractivity contribution is 5.91. The molecule has 1 heterocycles. The minimum Gasteiger partial charge on any atom is -0.453 e. The number of nitrogens with one attached hydrogen (secondary N) is 1. The number of rotatable bonds is 7. The molecular formula is C30H34FN5O3. The third kappa shape index (κ3) is 5.93. The van der Waals surface area contributed by atoms with Gasteiger partial charge < -0.3 is 20.7 Å². The molecule has 3 N–H and O–H groups in total. The summed E-state index contributed by atoms with van der Waals surface area (Å²) in [6, 6.07) is 16.6. The highest BCUT2D eigenvalue weighted by Crippen LogP contribution is 2.44. The van der Waals surface area contributed by atoms with Crippen LogP contribution in [-0.2, 0) is 15.1 Å². The maximum Gasteiger partial charge on any atom is 0.409 e. The van der Waals surface area contributed by atoms with Crippen LogP contribution >= 0.6 is 0 Å². The van der Waals surface area contributed by atoms with E-state index in [0.29, 0.717) is 29.1 Å². The SMILES string of the molecule is COC(=O)N(C)C1CCC(CC(=O)Nc2cc(-c3ccccc3)c(-c3ccc(C4(N)CC4)c(F)c3)nn2)CC1. The van der Waals surface area contributed by atoms with Gasteiger partial charge in [0.05, 0.1) is 7.11 Å². The minimum absolute atomic E-state index is 0.127. The molecule has 8 nitrogen and oxygen atoms in total. The smallest absolute Gasteiger partial charge is 0.409 e. The summed E-state index contributed by atoms with van der Waals surface area (Å²) >= 11 is 0. The number of halogens is 1. The Labute approximate surface area is 227 Å². The van der Waals surface area contributed by atoms with E-state index in [9.17, 15) is 14.0 Å². The lowest BCUT2D eigenvalue weighted by molar-refractivity contribution is -0.117. The van der Waals surface area contributed by atoms with E-state index in [1.165, 1.54) is 13.2 Å². The largest absolute Gasteiger partial charge is 0.453 e. The van der Waals surface area contributed by atoms with E-state index in [2.05, 4.69) is 15.5 Å². The van der Waals surface area contributed by atoms with Gasteiger partial charge in [0.25, 0.3) is 0 Å². The molecule has 0 radical (unpaired) electrons. The number of nitrogens with zero attached hydrogens (tertiary/aromatic N) is 3. The molecule has 0 spiro atoms. The van der Waals surface area contributed by atoms with Crippen LogP contribution in [0.5, 0.6) is 0 Å². The molecule has 0 unspecified atom stereocenters. The molecule has 1 aromatic heterocycles. The van der Waals surface area contributed by atoms with E-state index in [1.807, 2.05) is 36.4 Å². The Hall–Kier alpha value is -3.85. The monoisotopic (exact) mass is 531 g/mol. The summed E-state index contributed by atoms with van der Waals surface area (Å²) < 4.78 is 19.8. The van der Waals surface area contributed by atoms with Gasteiger partial charge in [-0.05, 0) is 62.1 Å². The van der Waals surface area contributed by atoms with Crippen LogP contribution in [0.1, 0.15) is 50.5 Å². The fourth-order valence-corrected chi connectivity index (χ4v) is 5.46. The first-order valence-corrected chi connectivity index (χ1v) is 13.4. The number of ether oxygens (including phenoxy) is 1. The van der Waals surface area contributed by atoms with Crippen molar-refractivity contribution in [1.82, 2.24) is 15.1 Å². The van der Waals surface area contributed by atoms with Gasteiger partial charge in [0, 0.05) is 41.7 Å². The van der Waals surface area contributed by atoms with Crippen molar-refractivity contribution in [2.75, 3.05) is 19.5 Å². The molecule has 2 aliphatic carbocycles. The normalized spacial score (nSPS) is 19.7. The first kappa shape index (κ1) is 26.7. The van der Waals surface area contributed by atoms with E-state index >= 15 is 0 Å². The number of hydrogen-bond donors (Lipinski definition) is 2. The Morgan fingerprint density at radius 1 is 1.05 bits per heavy atom. The molecule has 0 saturated heterocycles. The predicted molar refractivity (Wildman–Crippen MR) is 147 cm³/mol. The molecule has 2 saturated carbocycles. The average Bonchev–Trinajstić information content (AvgIpc) is 3.70. The summed E-state index contributed by atoms with van der Waals surface area (Å²) in [6.45, 7) is 0. The van der Waals surface area contributed by atoms with Crippen LogP contribution in [0.25, 0.3) is 22.4 Å². The lowest BCUT2D eigenvalue weighted by atomic mass is 9.83. The van der Waals surface area contributed by atoms with Crippen molar-refractivity contribution in [3.8, 4) is 22.4 Å². The quantitative estimate of drug-likeness (QED) is 0.418. The molecule has 2 amide bonds. The Bertz CT molecular complexity index is 1350. The van der Waals surface area contributed by atoms with Crippen LogP contribution in [0, 0.1) is 11.7 Å². The summed E-state index contributed by atoms with van der Waals surface area (Å²) in [5, 5.41) is 11.6. The predicted octanol–water partition coefficient (Wildman–Crippen LogP) is 5.48. The molecule has 2 aliphatic rings. The molecule has 3 aromatic rings. The molecular weight excluding hydrogens is 497 g/mol. The van der Waals surface area contributed by atoms with Crippen molar-refractivity contribution >= 4 is 17.8 Å². The van der Waals surface area contributed by atoms with Gasteiger partial charge in [-0.2, -0.15) is 0 Å². The van der Waals surface area contributed by atoms with E-state index < -0.39 is 5.54 Å². The topological polar surface area (TPSA) is 110 Å². The van der Waals surface area contributed by atoms with Gasteiger partial charge in [-0.15, -0.1) is 10.2 Å². The van der Waals surface area contributed by atoms with Gasteiger partial charge in [-0.1, -0.05) is 42.5 Å². The summed E-state index contributed by atoms with van der Waals surface area (Å²) in [5.41, 5.74) is 8.92. The number of carbonyl (C=O) groups excluding carboxylic acids is 2. The third-order valence-corrected chi connectivity index (χ3v) is 8.01. The second-order valence-electron chi connectivity index (χ2n) is 10.7. The zero-order valence-corrected chi connectivity index (χ0v) is 22.3. The minimum atomic E-state index is -0.568. The van der Waals surface area contributed by atoms with Gasteiger partial charge in [-0.25, -0.2) is 9.18 Å². The summed E-state index contributed by atoms with van der Waals surface area (Å²) in [5.74, 6) is 0.0942. The molecule has 9 heteroatoms. The van der Waals surface area contributed by atoms with Gasteiger partial charge in [0.1, 0.15) is 11.5 Å². The molecule has 0 aliphatic heterocycles. The van der Waals surface area contributed by atoms with Crippen LogP contribution in [0.2, 0.25) is 0 Å². The van der Waals surface area contributed by atoms with Crippen LogP contribution in [0.4, 0.5) is 15.0 Å². The second-order valence-corrected chi connectivity index (χ2v) is 10.7. The Kier molecular flexibility index (Phi) is 7.61. The second kappa shape index (κ2) is 11.1. The maximum absolute atomic E-state index is 15.0. The fraction of sp³-hybridized carbons (Fsp3) is 0.400. The van der Waals surface area contributed by atoms with Crippen molar-refractivity contribution in [3.05, 3.63) is 66.0 Å².